The fourth-order valence-electron chi connectivity index (χ4n) is 1.10. The van der Waals surface area contributed by atoms with E-state index in [2.05, 4.69) is 23.5 Å². The SMILES string of the molecule is C.C.CCN(CC)CCCNS(C)(=O)=O. The largest absolute Gasteiger partial charge is 0.304 e. The van der Waals surface area contributed by atoms with Crippen molar-refractivity contribution in [2.75, 3.05) is 32.4 Å². The molecule has 0 aliphatic rings. The highest BCUT2D eigenvalue weighted by molar-refractivity contribution is 7.88. The zero-order valence-electron chi connectivity index (χ0n) is 8.71. The van der Waals surface area contributed by atoms with Crippen molar-refractivity contribution in [2.45, 2.75) is 35.1 Å². The molecular formula is C10H28N2O2S. The monoisotopic (exact) mass is 240 g/mol. The van der Waals surface area contributed by atoms with E-state index in [9.17, 15) is 8.42 Å². The van der Waals surface area contributed by atoms with Gasteiger partial charge in [0, 0.05) is 6.54 Å². The van der Waals surface area contributed by atoms with E-state index in [1.54, 1.807) is 0 Å². The maximum Gasteiger partial charge on any atom is 0.208 e. The Morgan fingerprint density at radius 2 is 1.60 bits per heavy atom. The molecule has 96 valence electrons. The molecule has 0 radical (unpaired) electrons. The smallest absolute Gasteiger partial charge is 0.208 e. The molecule has 0 atom stereocenters. The van der Waals surface area contributed by atoms with Crippen LogP contribution in [0.5, 0.6) is 0 Å². The third-order valence-electron chi connectivity index (χ3n) is 1.91. The molecule has 0 fully saturated rings. The van der Waals surface area contributed by atoms with Gasteiger partial charge in [0.15, 0.2) is 0 Å². The number of hydrogen-bond acceptors (Lipinski definition) is 3. The lowest BCUT2D eigenvalue weighted by molar-refractivity contribution is 0.300. The molecule has 0 saturated carbocycles. The number of sulfonamides is 1. The predicted octanol–water partition coefficient (Wildman–Crippen LogP) is 1.54. The van der Waals surface area contributed by atoms with Crippen LogP contribution in [0.25, 0.3) is 0 Å². The van der Waals surface area contributed by atoms with Gasteiger partial charge in [-0.3, -0.25) is 0 Å². The van der Waals surface area contributed by atoms with Crippen LogP contribution in [0, 0.1) is 0 Å². The summed E-state index contributed by atoms with van der Waals surface area (Å²) in [5.74, 6) is 0. The highest BCUT2D eigenvalue weighted by Gasteiger charge is 2.01. The molecule has 4 nitrogen and oxygen atoms in total. The highest BCUT2D eigenvalue weighted by Crippen LogP contribution is 1.89. The van der Waals surface area contributed by atoms with Gasteiger partial charge in [-0.1, -0.05) is 28.7 Å². The molecule has 0 aliphatic heterocycles. The Labute approximate surface area is 96.1 Å². The summed E-state index contributed by atoms with van der Waals surface area (Å²) in [6, 6.07) is 0. The summed E-state index contributed by atoms with van der Waals surface area (Å²) < 4.78 is 23.9. The van der Waals surface area contributed by atoms with Crippen molar-refractivity contribution < 1.29 is 8.42 Å². The molecule has 0 aromatic carbocycles. The van der Waals surface area contributed by atoms with Crippen LogP contribution in [0.3, 0.4) is 0 Å². The first-order valence-corrected chi connectivity index (χ1v) is 6.55. The fourth-order valence-corrected chi connectivity index (χ4v) is 1.62. The van der Waals surface area contributed by atoms with E-state index in [1.807, 2.05) is 0 Å². The lowest BCUT2D eigenvalue weighted by Crippen LogP contribution is -2.29. The minimum atomic E-state index is -3.00. The van der Waals surface area contributed by atoms with Crippen molar-refractivity contribution >= 4 is 10.0 Å². The molecular weight excluding hydrogens is 212 g/mol. The number of hydrogen-bond donors (Lipinski definition) is 1. The molecule has 1 N–H and O–H groups in total. The summed E-state index contributed by atoms with van der Waals surface area (Å²) in [4.78, 5) is 2.27. The quantitative estimate of drug-likeness (QED) is 0.687. The standard InChI is InChI=1S/C8H20N2O2S.2CH4/c1-4-10(5-2)8-6-7-9-13(3,11)12;;/h9H,4-8H2,1-3H3;2*1H4. The van der Waals surface area contributed by atoms with Gasteiger partial charge in [0.2, 0.25) is 10.0 Å². The molecule has 0 aliphatic carbocycles. The van der Waals surface area contributed by atoms with Gasteiger partial charge in [-0.2, -0.15) is 0 Å². The first-order chi connectivity index (χ1) is 5.99. The Morgan fingerprint density at radius 1 is 1.13 bits per heavy atom. The van der Waals surface area contributed by atoms with E-state index >= 15 is 0 Å². The lowest BCUT2D eigenvalue weighted by Gasteiger charge is -2.17. The molecule has 0 unspecified atom stereocenters. The third kappa shape index (κ3) is 13.9. The van der Waals surface area contributed by atoms with Gasteiger partial charge < -0.3 is 4.90 Å². The Morgan fingerprint density at radius 3 is 1.93 bits per heavy atom. The van der Waals surface area contributed by atoms with E-state index in [1.165, 1.54) is 6.26 Å². The molecule has 0 saturated heterocycles. The molecule has 0 amide bonds. The van der Waals surface area contributed by atoms with Crippen LogP contribution in [0.4, 0.5) is 0 Å². The third-order valence-corrected chi connectivity index (χ3v) is 2.64. The molecule has 0 rings (SSSR count). The molecule has 0 aromatic rings. The van der Waals surface area contributed by atoms with E-state index in [4.69, 9.17) is 0 Å². The van der Waals surface area contributed by atoms with E-state index in [-0.39, 0.29) is 14.9 Å². The zero-order chi connectivity index (χ0) is 10.3. The van der Waals surface area contributed by atoms with Crippen molar-refractivity contribution in [3.8, 4) is 0 Å². The summed E-state index contributed by atoms with van der Waals surface area (Å²) in [6.45, 7) is 7.75. The van der Waals surface area contributed by atoms with Crippen LogP contribution in [0.2, 0.25) is 0 Å². The van der Waals surface area contributed by atoms with Crippen LogP contribution >= 0.6 is 0 Å². The summed E-state index contributed by atoms with van der Waals surface area (Å²) in [6.07, 6.45) is 2.05. The van der Waals surface area contributed by atoms with Gasteiger partial charge in [-0.25, -0.2) is 13.1 Å². The summed E-state index contributed by atoms with van der Waals surface area (Å²) in [7, 11) is -3.00. The molecule has 0 spiro atoms. The minimum absolute atomic E-state index is 0. The first kappa shape index (κ1) is 20.3. The van der Waals surface area contributed by atoms with E-state index < -0.39 is 10.0 Å². The average molecular weight is 240 g/mol. The Balaban J connectivity index is -0.000000720. The van der Waals surface area contributed by atoms with Crippen molar-refractivity contribution in [2.24, 2.45) is 0 Å². The molecule has 5 heteroatoms. The molecule has 15 heavy (non-hydrogen) atoms. The first-order valence-electron chi connectivity index (χ1n) is 4.66. The van der Waals surface area contributed by atoms with Crippen molar-refractivity contribution in [3.63, 3.8) is 0 Å². The van der Waals surface area contributed by atoms with Gasteiger partial charge in [0.1, 0.15) is 0 Å². The van der Waals surface area contributed by atoms with Gasteiger partial charge in [0.05, 0.1) is 6.26 Å². The lowest BCUT2D eigenvalue weighted by atomic mass is 10.4. The van der Waals surface area contributed by atoms with Crippen molar-refractivity contribution in [1.29, 1.82) is 0 Å². The normalized spacial score (nSPS) is 10.7. The second-order valence-electron chi connectivity index (χ2n) is 3.05. The maximum atomic E-state index is 10.7. The van der Waals surface area contributed by atoms with Crippen LogP contribution in [-0.2, 0) is 10.0 Å². The minimum Gasteiger partial charge on any atom is -0.304 e. The predicted molar refractivity (Wildman–Crippen MR) is 68.7 cm³/mol. The summed E-state index contributed by atoms with van der Waals surface area (Å²) in [5.41, 5.74) is 0. The molecule has 0 heterocycles. The van der Waals surface area contributed by atoms with Gasteiger partial charge in [-0.15, -0.1) is 0 Å². The van der Waals surface area contributed by atoms with Gasteiger partial charge in [0.25, 0.3) is 0 Å². The van der Waals surface area contributed by atoms with E-state index in [0.29, 0.717) is 6.54 Å². The second-order valence-corrected chi connectivity index (χ2v) is 4.88. The van der Waals surface area contributed by atoms with Crippen LogP contribution in [0.15, 0.2) is 0 Å². The Bertz CT molecular complexity index is 211. The average Bonchev–Trinajstić information content (AvgIpc) is 2.03. The second kappa shape index (κ2) is 10.4. The van der Waals surface area contributed by atoms with Crippen LogP contribution in [-0.4, -0.2) is 45.8 Å². The van der Waals surface area contributed by atoms with Crippen LogP contribution in [0.1, 0.15) is 35.1 Å². The van der Waals surface area contributed by atoms with Crippen molar-refractivity contribution in [3.05, 3.63) is 0 Å². The van der Waals surface area contributed by atoms with Gasteiger partial charge >= 0.3 is 0 Å². The number of nitrogens with zero attached hydrogens (tertiary/aromatic N) is 1. The summed E-state index contributed by atoms with van der Waals surface area (Å²) >= 11 is 0. The van der Waals surface area contributed by atoms with Gasteiger partial charge in [-0.05, 0) is 26.1 Å². The molecule has 0 bridgehead atoms. The Kier molecular flexibility index (Phi) is 14.1. The maximum absolute atomic E-state index is 10.7. The topological polar surface area (TPSA) is 49.4 Å². The number of rotatable bonds is 7. The summed E-state index contributed by atoms with van der Waals surface area (Å²) in [5, 5.41) is 0. The molecule has 0 aromatic heterocycles. The zero-order valence-corrected chi connectivity index (χ0v) is 9.52. The number of nitrogens with one attached hydrogen (secondary N) is 1. The highest BCUT2D eigenvalue weighted by atomic mass is 32.2. The van der Waals surface area contributed by atoms with E-state index in [0.717, 1.165) is 26.1 Å². The Hall–Kier alpha value is -0.130. The van der Waals surface area contributed by atoms with Crippen LogP contribution < -0.4 is 4.72 Å². The fraction of sp³-hybridized carbons (Fsp3) is 1.00. The van der Waals surface area contributed by atoms with Crippen molar-refractivity contribution in [1.82, 2.24) is 9.62 Å².